The molecule has 5 nitrogen and oxygen atoms in total. The first-order valence-corrected chi connectivity index (χ1v) is 6.18. The fourth-order valence-corrected chi connectivity index (χ4v) is 1.70. The molecule has 0 bridgehead atoms. The second-order valence-corrected chi connectivity index (χ2v) is 4.53. The first-order valence-electron chi connectivity index (χ1n) is 5.80. The zero-order valence-electron chi connectivity index (χ0n) is 11.0. The molecule has 0 amide bonds. The zero-order valence-corrected chi connectivity index (χ0v) is 11.8. The maximum atomic E-state index is 11.4. The van der Waals surface area contributed by atoms with Gasteiger partial charge in [0.15, 0.2) is 5.69 Å². The number of aromatic nitrogens is 1. The first-order chi connectivity index (χ1) is 9.51. The number of pyridine rings is 1. The molecule has 2 rings (SSSR count). The molecule has 0 aliphatic heterocycles. The van der Waals surface area contributed by atoms with Crippen LogP contribution in [0.4, 0.5) is 5.69 Å². The SMILES string of the molecule is COC(=O)c1ccc(N)c(Oc2cc(C)ccc2Cl)n1. The van der Waals surface area contributed by atoms with Gasteiger partial charge in [-0.2, -0.15) is 0 Å². The number of esters is 1. The van der Waals surface area contributed by atoms with E-state index in [1.54, 1.807) is 12.1 Å². The van der Waals surface area contributed by atoms with Crippen LogP contribution >= 0.6 is 11.6 Å². The Morgan fingerprint density at radius 1 is 1.30 bits per heavy atom. The molecule has 20 heavy (non-hydrogen) atoms. The van der Waals surface area contributed by atoms with Crippen LogP contribution in [-0.2, 0) is 4.74 Å². The molecule has 0 aliphatic carbocycles. The van der Waals surface area contributed by atoms with Gasteiger partial charge in [-0.1, -0.05) is 17.7 Å². The van der Waals surface area contributed by atoms with Crippen molar-refractivity contribution in [3.05, 3.63) is 46.6 Å². The maximum Gasteiger partial charge on any atom is 0.356 e. The molecule has 0 spiro atoms. The third kappa shape index (κ3) is 3.00. The summed E-state index contributed by atoms with van der Waals surface area (Å²) >= 11 is 6.04. The van der Waals surface area contributed by atoms with Crippen LogP contribution in [0.15, 0.2) is 30.3 Å². The first kappa shape index (κ1) is 14.1. The van der Waals surface area contributed by atoms with Crippen molar-refractivity contribution < 1.29 is 14.3 Å². The van der Waals surface area contributed by atoms with Gasteiger partial charge in [-0.25, -0.2) is 9.78 Å². The van der Waals surface area contributed by atoms with Crippen molar-refractivity contribution in [1.82, 2.24) is 4.98 Å². The van der Waals surface area contributed by atoms with Gasteiger partial charge in [-0.3, -0.25) is 0 Å². The minimum Gasteiger partial charge on any atom is -0.464 e. The second-order valence-electron chi connectivity index (χ2n) is 4.12. The topological polar surface area (TPSA) is 74.4 Å². The average molecular weight is 293 g/mol. The predicted octanol–water partition coefficient (Wildman–Crippen LogP) is 3.20. The van der Waals surface area contributed by atoms with Crippen LogP contribution in [0, 0.1) is 6.92 Å². The average Bonchev–Trinajstić information content (AvgIpc) is 2.44. The molecule has 1 heterocycles. The second kappa shape index (κ2) is 5.79. The van der Waals surface area contributed by atoms with E-state index in [0.717, 1.165) is 5.56 Å². The quantitative estimate of drug-likeness (QED) is 0.879. The van der Waals surface area contributed by atoms with E-state index in [0.29, 0.717) is 16.5 Å². The Kier molecular flexibility index (Phi) is 4.10. The molecule has 0 unspecified atom stereocenters. The summed E-state index contributed by atoms with van der Waals surface area (Å²) in [4.78, 5) is 15.5. The highest BCUT2D eigenvalue weighted by atomic mass is 35.5. The van der Waals surface area contributed by atoms with E-state index in [4.69, 9.17) is 22.1 Å². The Morgan fingerprint density at radius 3 is 2.75 bits per heavy atom. The molecule has 1 aromatic heterocycles. The van der Waals surface area contributed by atoms with Crippen molar-refractivity contribution in [2.75, 3.05) is 12.8 Å². The van der Waals surface area contributed by atoms with Crippen LogP contribution in [0.5, 0.6) is 11.6 Å². The molecule has 0 saturated heterocycles. The van der Waals surface area contributed by atoms with E-state index < -0.39 is 5.97 Å². The number of nitrogen functional groups attached to an aromatic ring is 1. The van der Waals surface area contributed by atoms with Gasteiger partial charge in [0.1, 0.15) is 5.75 Å². The molecule has 6 heteroatoms. The molecule has 0 saturated carbocycles. The van der Waals surface area contributed by atoms with E-state index in [9.17, 15) is 4.79 Å². The molecule has 1 aromatic carbocycles. The van der Waals surface area contributed by atoms with E-state index in [1.807, 2.05) is 13.0 Å². The third-order valence-corrected chi connectivity index (χ3v) is 2.89. The third-order valence-electron chi connectivity index (χ3n) is 2.58. The van der Waals surface area contributed by atoms with Crippen molar-refractivity contribution in [3.8, 4) is 11.6 Å². The summed E-state index contributed by atoms with van der Waals surface area (Å²) in [7, 11) is 1.28. The highest BCUT2D eigenvalue weighted by Gasteiger charge is 2.13. The predicted molar refractivity (Wildman–Crippen MR) is 76.3 cm³/mol. The fraction of sp³-hybridized carbons (Fsp3) is 0.143. The lowest BCUT2D eigenvalue weighted by Gasteiger charge is -2.10. The standard InChI is InChI=1S/C14H13ClN2O3/c1-8-3-4-9(15)12(7-8)20-13-10(16)5-6-11(17-13)14(18)19-2/h3-7H,16H2,1-2H3. The largest absolute Gasteiger partial charge is 0.464 e. The number of benzene rings is 1. The van der Waals surface area contributed by atoms with Crippen LogP contribution in [0.2, 0.25) is 5.02 Å². The van der Waals surface area contributed by atoms with Gasteiger partial charge in [-0.05, 0) is 36.8 Å². The van der Waals surface area contributed by atoms with Gasteiger partial charge in [0, 0.05) is 0 Å². The minimum atomic E-state index is -0.565. The van der Waals surface area contributed by atoms with E-state index in [2.05, 4.69) is 9.72 Å². The number of methoxy groups -OCH3 is 1. The highest BCUT2D eigenvalue weighted by molar-refractivity contribution is 6.32. The van der Waals surface area contributed by atoms with Crippen LogP contribution in [0.1, 0.15) is 16.1 Å². The number of aryl methyl sites for hydroxylation is 1. The van der Waals surface area contributed by atoms with Crippen LogP contribution in [0.3, 0.4) is 0 Å². The Balaban J connectivity index is 2.37. The van der Waals surface area contributed by atoms with Crippen LogP contribution < -0.4 is 10.5 Å². The summed E-state index contributed by atoms with van der Waals surface area (Å²) < 4.78 is 10.2. The number of halogens is 1. The van der Waals surface area contributed by atoms with Crippen molar-refractivity contribution in [2.24, 2.45) is 0 Å². The Morgan fingerprint density at radius 2 is 2.05 bits per heavy atom. The highest BCUT2D eigenvalue weighted by Crippen LogP contribution is 2.32. The normalized spacial score (nSPS) is 10.2. The smallest absolute Gasteiger partial charge is 0.356 e. The monoisotopic (exact) mass is 292 g/mol. The Hall–Kier alpha value is -2.27. The number of rotatable bonds is 3. The lowest BCUT2D eigenvalue weighted by molar-refractivity contribution is 0.0593. The molecule has 2 aromatic rings. The van der Waals surface area contributed by atoms with Gasteiger partial charge < -0.3 is 15.2 Å². The molecule has 0 atom stereocenters. The lowest BCUT2D eigenvalue weighted by Crippen LogP contribution is -2.06. The van der Waals surface area contributed by atoms with Crippen molar-refractivity contribution in [1.29, 1.82) is 0 Å². The number of anilines is 1. The number of ether oxygens (including phenoxy) is 2. The minimum absolute atomic E-state index is 0.111. The van der Waals surface area contributed by atoms with Gasteiger partial charge in [0.05, 0.1) is 17.8 Å². The number of carbonyl (C=O) groups excluding carboxylic acids is 1. The van der Waals surface area contributed by atoms with Gasteiger partial charge in [0.25, 0.3) is 0 Å². The molecular weight excluding hydrogens is 280 g/mol. The Labute approximate surface area is 121 Å². The molecule has 104 valence electrons. The molecule has 0 radical (unpaired) electrons. The summed E-state index contributed by atoms with van der Waals surface area (Å²) in [6.45, 7) is 1.91. The van der Waals surface area contributed by atoms with Gasteiger partial charge in [0.2, 0.25) is 5.88 Å². The summed E-state index contributed by atoms with van der Waals surface area (Å²) in [5.74, 6) is -0.0292. The van der Waals surface area contributed by atoms with E-state index >= 15 is 0 Å². The number of carbonyl (C=O) groups is 1. The number of nitrogens with two attached hydrogens (primary N) is 1. The van der Waals surface area contributed by atoms with Crippen molar-refractivity contribution in [2.45, 2.75) is 6.92 Å². The summed E-state index contributed by atoms with van der Waals surface area (Å²) in [5, 5.41) is 0.431. The molecule has 2 N–H and O–H groups in total. The van der Waals surface area contributed by atoms with Gasteiger partial charge >= 0.3 is 5.97 Å². The maximum absolute atomic E-state index is 11.4. The number of hydrogen-bond donors (Lipinski definition) is 1. The molecule has 0 fully saturated rings. The summed E-state index contributed by atoms with van der Waals surface area (Å²) in [6, 6.07) is 8.32. The van der Waals surface area contributed by atoms with Crippen molar-refractivity contribution in [3.63, 3.8) is 0 Å². The number of hydrogen-bond acceptors (Lipinski definition) is 5. The summed E-state index contributed by atoms with van der Waals surface area (Å²) in [5.41, 5.74) is 7.18. The van der Waals surface area contributed by atoms with Crippen molar-refractivity contribution >= 4 is 23.3 Å². The molecule has 0 aliphatic rings. The zero-order chi connectivity index (χ0) is 14.7. The molecular formula is C14H13ClN2O3. The van der Waals surface area contributed by atoms with Gasteiger partial charge in [-0.15, -0.1) is 0 Å². The summed E-state index contributed by atoms with van der Waals surface area (Å²) in [6.07, 6.45) is 0. The van der Waals surface area contributed by atoms with E-state index in [1.165, 1.54) is 19.2 Å². The Bertz CT molecular complexity index is 659. The fourth-order valence-electron chi connectivity index (χ4n) is 1.54. The van der Waals surface area contributed by atoms with Crippen LogP contribution in [-0.4, -0.2) is 18.1 Å². The van der Waals surface area contributed by atoms with E-state index in [-0.39, 0.29) is 11.6 Å². The lowest BCUT2D eigenvalue weighted by atomic mass is 10.2. The van der Waals surface area contributed by atoms with Crippen LogP contribution in [0.25, 0.3) is 0 Å². The number of nitrogens with zero attached hydrogens (tertiary/aromatic N) is 1.